The second-order valence-corrected chi connectivity index (χ2v) is 6.97. The van der Waals surface area contributed by atoms with E-state index in [0.717, 1.165) is 19.3 Å². The number of carbonyl (C=O) groups excluding carboxylic acids is 2. The summed E-state index contributed by atoms with van der Waals surface area (Å²) in [7, 11) is 0. The van der Waals surface area contributed by atoms with E-state index in [-0.39, 0.29) is 11.8 Å². The van der Waals surface area contributed by atoms with Gasteiger partial charge in [0.25, 0.3) is 5.91 Å². The Balaban J connectivity index is 1.65. The Labute approximate surface area is 124 Å². The molecule has 2 amide bonds. The minimum absolute atomic E-state index is 0.0262. The van der Waals surface area contributed by atoms with Crippen LogP contribution in [-0.4, -0.2) is 24.4 Å². The van der Waals surface area contributed by atoms with E-state index in [1.807, 2.05) is 5.38 Å². The quantitative estimate of drug-likeness (QED) is 0.877. The Morgan fingerprint density at radius 1 is 1.45 bits per heavy atom. The van der Waals surface area contributed by atoms with Gasteiger partial charge in [-0.3, -0.25) is 9.59 Å². The molecule has 1 aromatic heterocycles. The van der Waals surface area contributed by atoms with Gasteiger partial charge in [0.2, 0.25) is 5.91 Å². The van der Waals surface area contributed by atoms with Gasteiger partial charge in [-0.15, -0.1) is 0 Å². The van der Waals surface area contributed by atoms with Gasteiger partial charge in [-0.05, 0) is 36.1 Å². The normalized spacial score (nSPS) is 20.6. The van der Waals surface area contributed by atoms with Crippen molar-refractivity contribution in [3.8, 4) is 0 Å². The Hall–Kier alpha value is -1.36. The number of thiophene rings is 1. The second kappa shape index (κ2) is 6.39. The number of amides is 2. The Bertz CT molecular complexity index is 468. The summed E-state index contributed by atoms with van der Waals surface area (Å²) in [6, 6.07) is 2.07. The zero-order chi connectivity index (χ0) is 14.6. The minimum Gasteiger partial charge on any atom is -0.353 e. The largest absolute Gasteiger partial charge is 0.353 e. The molecule has 2 N–H and O–H groups in total. The predicted octanol–water partition coefficient (Wildman–Crippen LogP) is 2.56. The first-order valence-electron chi connectivity index (χ1n) is 7.06. The lowest BCUT2D eigenvalue weighted by molar-refractivity contribution is -0.121. The molecule has 1 heterocycles. The fourth-order valence-electron chi connectivity index (χ4n) is 2.64. The molecule has 0 spiro atoms. The van der Waals surface area contributed by atoms with Crippen LogP contribution in [0.1, 0.15) is 49.9 Å². The molecule has 0 saturated heterocycles. The maximum atomic E-state index is 11.8. The van der Waals surface area contributed by atoms with Gasteiger partial charge in [0.05, 0.1) is 0 Å². The molecule has 1 saturated carbocycles. The first-order chi connectivity index (χ1) is 9.46. The molecular formula is C15H22N2O2S. The summed E-state index contributed by atoms with van der Waals surface area (Å²) in [5, 5.41) is 9.48. The lowest BCUT2D eigenvalue weighted by Crippen LogP contribution is -2.36. The van der Waals surface area contributed by atoms with E-state index in [1.54, 1.807) is 11.4 Å². The zero-order valence-electron chi connectivity index (χ0n) is 12.1. The molecule has 0 radical (unpaired) electrons. The number of carbonyl (C=O) groups is 2. The highest BCUT2D eigenvalue weighted by atomic mass is 32.1. The van der Waals surface area contributed by atoms with E-state index in [1.165, 1.54) is 11.3 Å². The third-order valence-electron chi connectivity index (χ3n) is 3.75. The average molecular weight is 294 g/mol. The Morgan fingerprint density at radius 2 is 2.25 bits per heavy atom. The van der Waals surface area contributed by atoms with Crippen molar-refractivity contribution in [1.82, 2.24) is 10.6 Å². The molecule has 4 nitrogen and oxygen atoms in total. The van der Waals surface area contributed by atoms with Crippen LogP contribution in [-0.2, 0) is 4.79 Å². The molecule has 1 fully saturated rings. The molecule has 5 heteroatoms. The standard InChI is InChI=1S/C15H22N2O2S/c1-15(2)6-3-12(9-15)17-13(18)4-7-16-14(19)11-5-8-20-10-11/h5,8,10,12H,3-4,6-7,9H2,1-2H3,(H,16,19)(H,17,18). The molecule has 1 aliphatic rings. The molecule has 1 atom stereocenters. The van der Waals surface area contributed by atoms with Crippen molar-refractivity contribution in [3.05, 3.63) is 22.4 Å². The smallest absolute Gasteiger partial charge is 0.252 e. The second-order valence-electron chi connectivity index (χ2n) is 6.19. The highest BCUT2D eigenvalue weighted by molar-refractivity contribution is 7.08. The van der Waals surface area contributed by atoms with Crippen LogP contribution in [0, 0.1) is 5.41 Å². The van der Waals surface area contributed by atoms with Gasteiger partial charge in [-0.1, -0.05) is 13.8 Å². The topological polar surface area (TPSA) is 58.2 Å². The van der Waals surface area contributed by atoms with Gasteiger partial charge in [0, 0.05) is 30.0 Å². The van der Waals surface area contributed by atoms with Gasteiger partial charge >= 0.3 is 0 Å². The van der Waals surface area contributed by atoms with Crippen LogP contribution in [0.3, 0.4) is 0 Å². The van der Waals surface area contributed by atoms with Crippen LogP contribution in [0.4, 0.5) is 0 Å². The van der Waals surface area contributed by atoms with Crippen LogP contribution in [0.2, 0.25) is 0 Å². The summed E-state index contributed by atoms with van der Waals surface area (Å²) in [4.78, 5) is 23.5. The van der Waals surface area contributed by atoms with Crippen molar-refractivity contribution >= 4 is 23.2 Å². The fraction of sp³-hybridized carbons (Fsp3) is 0.600. The first-order valence-corrected chi connectivity index (χ1v) is 8.00. The number of hydrogen-bond donors (Lipinski definition) is 2. The predicted molar refractivity (Wildman–Crippen MR) is 80.8 cm³/mol. The van der Waals surface area contributed by atoms with Gasteiger partial charge in [-0.25, -0.2) is 0 Å². The van der Waals surface area contributed by atoms with Crippen LogP contribution in [0.5, 0.6) is 0 Å². The summed E-state index contributed by atoms with van der Waals surface area (Å²) in [6.07, 6.45) is 3.60. The van der Waals surface area contributed by atoms with Gasteiger partial charge in [0.15, 0.2) is 0 Å². The summed E-state index contributed by atoms with van der Waals surface area (Å²) in [5.74, 6) is -0.0839. The summed E-state index contributed by atoms with van der Waals surface area (Å²) in [6.45, 7) is 4.86. The van der Waals surface area contributed by atoms with Crippen molar-refractivity contribution < 1.29 is 9.59 Å². The number of nitrogens with one attached hydrogen (secondary N) is 2. The zero-order valence-corrected chi connectivity index (χ0v) is 12.9. The molecule has 1 unspecified atom stereocenters. The average Bonchev–Trinajstić information content (AvgIpc) is 2.98. The summed E-state index contributed by atoms with van der Waals surface area (Å²) < 4.78 is 0. The van der Waals surface area contributed by atoms with Crippen molar-refractivity contribution in [2.24, 2.45) is 5.41 Å². The SMILES string of the molecule is CC1(C)CCC(NC(=O)CCNC(=O)c2ccsc2)C1. The van der Waals surface area contributed by atoms with E-state index < -0.39 is 0 Å². The third-order valence-corrected chi connectivity index (χ3v) is 4.44. The highest BCUT2D eigenvalue weighted by Gasteiger charge is 2.31. The molecule has 1 aliphatic carbocycles. The van der Waals surface area contributed by atoms with Gasteiger partial charge < -0.3 is 10.6 Å². The molecule has 2 rings (SSSR count). The van der Waals surface area contributed by atoms with Crippen molar-refractivity contribution in [2.45, 2.75) is 45.6 Å². The highest BCUT2D eigenvalue weighted by Crippen LogP contribution is 2.36. The van der Waals surface area contributed by atoms with Gasteiger partial charge in [0.1, 0.15) is 0 Å². The third kappa shape index (κ3) is 4.34. The van der Waals surface area contributed by atoms with Crippen LogP contribution >= 0.6 is 11.3 Å². The maximum Gasteiger partial charge on any atom is 0.252 e. The molecule has 110 valence electrons. The van der Waals surface area contributed by atoms with Crippen molar-refractivity contribution in [2.75, 3.05) is 6.54 Å². The summed E-state index contributed by atoms with van der Waals surface area (Å²) in [5.41, 5.74) is 0.999. The van der Waals surface area contributed by atoms with E-state index in [9.17, 15) is 9.59 Å². The van der Waals surface area contributed by atoms with Crippen LogP contribution < -0.4 is 10.6 Å². The first kappa shape index (κ1) is 15.0. The maximum absolute atomic E-state index is 11.8. The Kier molecular flexibility index (Phi) is 4.81. The van der Waals surface area contributed by atoms with Crippen molar-refractivity contribution in [1.29, 1.82) is 0 Å². The summed E-state index contributed by atoms with van der Waals surface area (Å²) >= 11 is 1.49. The number of hydrogen-bond acceptors (Lipinski definition) is 3. The monoisotopic (exact) mass is 294 g/mol. The van der Waals surface area contributed by atoms with E-state index in [4.69, 9.17) is 0 Å². The Morgan fingerprint density at radius 3 is 2.85 bits per heavy atom. The lowest BCUT2D eigenvalue weighted by Gasteiger charge is -2.17. The van der Waals surface area contributed by atoms with Crippen molar-refractivity contribution in [3.63, 3.8) is 0 Å². The minimum atomic E-state index is -0.110. The molecule has 0 aromatic carbocycles. The van der Waals surface area contributed by atoms with Crippen LogP contribution in [0.15, 0.2) is 16.8 Å². The molecular weight excluding hydrogens is 272 g/mol. The fourth-order valence-corrected chi connectivity index (χ4v) is 3.28. The van der Waals surface area contributed by atoms with Gasteiger partial charge in [-0.2, -0.15) is 11.3 Å². The van der Waals surface area contributed by atoms with Crippen LogP contribution in [0.25, 0.3) is 0 Å². The van der Waals surface area contributed by atoms with E-state index in [2.05, 4.69) is 24.5 Å². The lowest BCUT2D eigenvalue weighted by atomic mass is 9.92. The number of rotatable bonds is 5. The molecule has 0 bridgehead atoms. The van der Waals surface area contributed by atoms with E-state index >= 15 is 0 Å². The molecule has 0 aliphatic heterocycles. The molecule has 20 heavy (non-hydrogen) atoms. The van der Waals surface area contributed by atoms with E-state index in [0.29, 0.717) is 30.0 Å². The molecule has 1 aromatic rings.